The van der Waals surface area contributed by atoms with E-state index in [-0.39, 0.29) is 30.7 Å². The van der Waals surface area contributed by atoms with E-state index in [1.165, 1.54) is 38.1 Å². The number of nitrogens with zero attached hydrogens (tertiary/aromatic N) is 4. The summed E-state index contributed by atoms with van der Waals surface area (Å²) in [5.74, 6) is -3.96. The number of carbonyl (C=O) groups excluding carboxylic acids is 3. The van der Waals surface area contributed by atoms with E-state index in [1.807, 2.05) is 26.0 Å². The molecule has 14 nitrogen and oxygen atoms in total. The van der Waals surface area contributed by atoms with Gasteiger partial charge in [0.25, 0.3) is 5.91 Å². The Labute approximate surface area is 377 Å². The maximum atomic E-state index is 12.7. The molecule has 4 rings (SSSR count). The molecule has 0 spiro atoms. The Hall–Kier alpha value is -6.62. The minimum Gasteiger partial charge on any atom is -0.481 e. The number of Topliss-reactive ketones (excluding diaryl/α,β-unsaturated/α-hetero) is 1. The SMILES string of the molecule is N#Cc1ccc(C(=O)CN)cc1.[C-]#[N+]c1ccc(C[C@@H](C(=O)NNC(=O)c2ccc(C#N)cc2)[C@H](C)O)c(CCC)c1Cl.[C-]#[N+]c1ccc(C[C@@H](C(=O)O)[C@H](C)O)c(CCC)c1Cl. The van der Waals surface area contributed by atoms with Crippen LogP contribution in [0.2, 0.25) is 10.0 Å². The van der Waals surface area contributed by atoms with E-state index in [0.29, 0.717) is 51.0 Å². The van der Waals surface area contributed by atoms with Crippen molar-refractivity contribution in [2.75, 3.05) is 6.54 Å². The van der Waals surface area contributed by atoms with Crippen LogP contribution in [0, 0.1) is 47.6 Å². The number of rotatable bonds is 15. The smallest absolute Gasteiger partial charge is 0.309 e. The van der Waals surface area contributed by atoms with Gasteiger partial charge in [0.05, 0.1) is 77.0 Å². The van der Waals surface area contributed by atoms with E-state index in [0.717, 1.165) is 35.1 Å². The Bertz CT molecular complexity index is 2390. The number of benzene rings is 4. The first-order valence-corrected chi connectivity index (χ1v) is 20.6. The lowest BCUT2D eigenvalue weighted by Crippen LogP contribution is -2.47. The minimum absolute atomic E-state index is 0.00585. The molecule has 4 atom stereocenters. The van der Waals surface area contributed by atoms with Gasteiger partial charge in [-0.15, -0.1) is 0 Å². The van der Waals surface area contributed by atoms with Crippen molar-refractivity contribution < 1.29 is 34.5 Å². The van der Waals surface area contributed by atoms with Gasteiger partial charge in [-0.1, -0.05) is 86.3 Å². The van der Waals surface area contributed by atoms with Gasteiger partial charge in [0, 0.05) is 11.1 Å². The van der Waals surface area contributed by atoms with Crippen molar-refractivity contribution in [1.29, 1.82) is 10.5 Å². The van der Waals surface area contributed by atoms with Gasteiger partial charge in [-0.2, -0.15) is 10.5 Å². The Kier molecular flexibility index (Phi) is 22.2. The molecule has 0 radical (unpaired) electrons. The fraction of sp³-hybridized carbons (Fsp3) is 0.319. The third-order valence-corrected chi connectivity index (χ3v) is 10.5. The first-order chi connectivity index (χ1) is 30.0. The summed E-state index contributed by atoms with van der Waals surface area (Å²) in [4.78, 5) is 53.9. The summed E-state index contributed by atoms with van der Waals surface area (Å²) < 4.78 is 0. The van der Waals surface area contributed by atoms with Gasteiger partial charge in [-0.25, -0.2) is 9.69 Å². The maximum Gasteiger partial charge on any atom is 0.309 e. The second kappa shape index (κ2) is 26.7. The fourth-order valence-electron chi connectivity index (χ4n) is 6.14. The second-order valence-corrected chi connectivity index (χ2v) is 14.9. The number of nitrogens with one attached hydrogen (secondary N) is 2. The standard InChI is InChI=1S/C23H23ClN4O3.C15H18ClNO3.C9H8N2O/c1-4-5-18-17(10-11-20(26-3)21(18)24)12-19(14(2)29)23(31)28-27-22(30)16-8-6-15(13-25)7-9-16;1-4-5-11-10(6-7-13(17-3)14(11)16)8-12(9(2)18)15(19)20;10-5-7-1-3-8(4-2-7)9(12)6-11/h6-11,14,19,29H,4-5,12H2,1-2H3,(H,27,30)(H,28,31);6-7,9,12,18H,4-5,8H2,1-2H3,(H,19,20);1-4H,6,11H2/t14-,19+;9-,12+;/m00./s1. The summed E-state index contributed by atoms with van der Waals surface area (Å²) in [7, 11) is 0. The number of carboxylic acids is 1. The zero-order valence-electron chi connectivity index (χ0n) is 35.3. The Morgan fingerprint density at radius 3 is 1.46 bits per heavy atom. The van der Waals surface area contributed by atoms with Crippen LogP contribution in [0.25, 0.3) is 9.69 Å². The van der Waals surface area contributed by atoms with Crippen molar-refractivity contribution in [1.82, 2.24) is 10.9 Å². The Morgan fingerprint density at radius 1 is 0.698 bits per heavy atom. The molecule has 0 aliphatic rings. The molecule has 7 N–H and O–H groups in total. The third-order valence-electron chi connectivity index (χ3n) is 9.68. The van der Waals surface area contributed by atoms with Crippen molar-refractivity contribution in [2.45, 2.75) is 78.4 Å². The highest BCUT2D eigenvalue weighted by molar-refractivity contribution is 6.34. The average Bonchev–Trinajstić information content (AvgIpc) is 3.28. The number of nitriles is 2. The number of hydrogen-bond acceptors (Lipinski definition) is 9. The molecule has 0 aliphatic heterocycles. The number of aliphatic hydroxyl groups excluding tert-OH is 2. The van der Waals surface area contributed by atoms with Crippen LogP contribution in [0.5, 0.6) is 0 Å². The summed E-state index contributed by atoms with van der Waals surface area (Å²) in [6, 6.07) is 23.0. The number of aliphatic carboxylic acids is 1. The van der Waals surface area contributed by atoms with E-state index in [2.05, 4.69) is 20.5 Å². The van der Waals surface area contributed by atoms with Gasteiger partial charge in [0.15, 0.2) is 5.78 Å². The van der Waals surface area contributed by atoms with Crippen LogP contribution in [0.3, 0.4) is 0 Å². The molecule has 0 saturated heterocycles. The van der Waals surface area contributed by atoms with E-state index in [1.54, 1.807) is 48.5 Å². The number of hydrazine groups is 1. The number of carboxylic acid groups (broad SMARTS) is 1. The molecular weight excluding hydrogens is 845 g/mol. The van der Waals surface area contributed by atoms with Crippen LogP contribution < -0.4 is 16.6 Å². The molecule has 0 aliphatic carbocycles. The molecule has 0 saturated carbocycles. The quantitative estimate of drug-likeness (QED) is 0.0384. The lowest BCUT2D eigenvalue weighted by Gasteiger charge is -2.22. The van der Waals surface area contributed by atoms with E-state index in [9.17, 15) is 29.4 Å². The van der Waals surface area contributed by atoms with Gasteiger partial charge in [-0.3, -0.25) is 30.0 Å². The summed E-state index contributed by atoms with van der Waals surface area (Å²) in [6.07, 6.45) is 1.46. The summed E-state index contributed by atoms with van der Waals surface area (Å²) >= 11 is 12.6. The van der Waals surface area contributed by atoms with Gasteiger partial charge in [-0.05, 0) is 98.2 Å². The summed E-state index contributed by atoms with van der Waals surface area (Å²) in [5, 5.41) is 47.0. The number of halogens is 2. The Balaban J connectivity index is 0.000000363. The molecule has 2 amide bonds. The number of nitrogens with two attached hydrogens (primary N) is 1. The van der Waals surface area contributed by atoms with E-state index >= 15 is 0 Å². The van der Waals surface area contributed by atoms with Crippen LogP contribution in [-0.2, 0) is 35.3 Å². The summed E-state index contributed by atoms with van der Waals surface area (Å²) in [5.41, 5.74) is 15.5. The molecule has 4 aromatic rings. The number of amides is 2. The molecule has 0 heterocycles. The van der Waals surface area contributed by atoms with Gasteiger partial charge in [0.2, 0.25) is 17.3 Å². The van der Waals surface area contributed by atoms with Crippen LogP contribution in [0.1, 0.15) is 94.6 Å². The monoisotopic (exact) mass is 893 g/mol. The van der Waals surface area contributed by atoms with Gasteiger partial charge >= 0.3 is 5.97 Å². The Morgan fingerprint density at radius 2 is 1.11 bits per heavy atom. The normalized spacial score (nSPS) is 12.0. The van der Waals surface area contributed by atoms with E-state index in [4.69, 9.17) is 57.7 Å². The average molecular weight is 895 g/mol. The molecule has 0 fully saturated rings. The molecule has 0 aromatic heterocycles. The molecule has 63 heavy (non-hydrogen) atoms. The zero-order valence-corrected chi connectivity index (χ0v) is 36.8. The fourth-order valence-corrected chi connectivity index (χ4v) is 6.78. The topological polar surface area (TPSA) is 235 Å². The maximum absolute atomic E-state index is 12.7. The highest BCUT2D eigenvalue weighted by Crippen LogP contribution is 2.35. The second-order valence-electron chi connectivity index (χ2n) is 14.2. The first kappa shape index (κ1) is 52.5. The minimum atomic E-state index is -1.03. The number of aliphatic hydroxyl groups is 2. The molecule has 4 aromatic carbocycles. The highest BCUT2D eigenvalue weighted by Gasteiger charge is 2.27. The number of hydrogen-bond donors (Lipinski definition) is 6. The molecular formula is C47H49Cl2N7O7. The molecule has 0 bridgehead atoms. The van der Waals surface area contributed by atoms with Crippen LogP contribution in [0.4, 0.5) is 11.4 Å². The van der Waals surface area contributed by atoms with Crippen LogP contribution in [0.15, 0.2) is 72.8 Å². The van der Waals surface area contributed by atoms with Gasteiger partial charge in [0.1, 0.15) is 0 Å². The largest absolute Gasteiger partial charge is 0.481 e. The van der Waals surface area contributed by atoms with Crippen molar-refractivity contribution in [3.8, 4) is 12.1 Å². The number of ketones is 1. The molecule has 16 heteroatoms. The highest BCUT2D eigenvalue weighted by atomic mass is 35.5. The van der Waals surface area contributed by atoms with Crippen LogP contribution in [-0.4, -0.2) is 57.6 Å². The van der Waals surface area contributed by atoms with Crippen LogP contribution >= 0.6 is 23.2 Å². The lowest BCUT2D eigenvalue weighted by atomic mass is 9.90. The van der Waals surface area contributed by atoms with Crippen molar-refractivity contribution in [3.63, 3.8) is 0 Å². The first-order valence-electron chi connectivity index (χ1n) is 19.8. The molecule has 328 valence electrons. The van der Waals surface area contributed by atoms with Crippen molar-refractivity contribution >= 4 is 58.1 Å². The third kappa shape index (κ3) is 15.7. The number of carbonyl (C=O) groups is 4. The lowest BCUT2D eigenvalue weighted by molar-refractivity contribution is -0.145. The van der Waals surface area contributed by atoms with Crippen molar-refractivity contribution in [2.24, 2.45) is 17.6 Å². The molecule has 0 unspecified atom stereocenters. The van der Waals surface area contributed by atoms with Crippen molar-refractivity contribution in [3.05, 3.63) is 150 Å². The summed E-state index contributed by atoms with van der Waals surface area (Å²) in [6.45, 7) is 21.3. The zero-order chi connectivity index (χ0) is 47.2. The van der Waals surface area contributed by atoms with E-state index < -0.39 is 41.8 Å². The predicted octanol–water partition coefficient (Wildman–Crippen LogP) is 7.88. The predicted molar refractivity (Wildman–Crippen MR) is 240 cm³/mol. The van der Waals surface area contributed by atoms with Gasteiger partial charge < -0.3 is 21.1 Å².